The molecule has 1 unspecified atom stereocenters. The summed E-state index contributed by atoms with van der Waals surface area (Å²) in [5.41, 5.74) is 0. The molecule has 0 aromatic heterocycles. The van der Waals surface area contributed by atoms with Gasteiger partial charge in [-0.3, -0.25) is 0 Å². The monoisotopic (exact) mass is 354 g/mol. The van der Waals surface area contributed by atoms with Crippen LogP contribution in [-0.4, -0.2) is 33.3 Å². The van der Waals surface area contributed by atoms with Gasteiger partial charge in [-0.25, -0.2) is 0 Å². The number of carbonyl (C=O) groups is 2. The van der Waals surface area contributed by atoms with Gasteiger partial charge in [0.15, 0.2) is 0 Å². The van der Waals surface area contributed by atoms with Crippen molar-refractivity contribution in [3.63, 3.8) is 0 Å². The number of rotatable bonds is 6. The van der Waals surface area contributed by atoms with Crippen molar-refractivity contribution in [1.29, 1.82) is 0 Å². The van der Waals surface area contributed by atoms with Crippen molar-refractivity contribution < 1.29 is 14.3 Å². The summed E-state index contributed by atoms with van der Waals surface area (Å²) < 4.78 is 6.22. The Morgan fingerprint density at radius 1 is 1.19 bits per heavy atom. The average Bonchev–Trinajstić information content (AvgIpc) is 2.54. The first-order valence-corrected chi connectivity index (χ1v) is 9.49. The minimum absolute atomic E-state index is 0.0544. The van der Waals surface area contributed by atoms with E-state index in [2.05, 4.69) is 0 Å². The predicted molar refractivity (Wildman–Crippen MR) is 83.8 cm³/mol. The van der Waals surface area contributed by atoms with Crippen LogP contribution in [0.3, 0.4) is 0 Å². The van der Waals surface area contributed by atoms with Gasteiger partial charge in [0.25, 0.3) is 0 Å². The molecule has 1 aliphatic rings. The molecule has 1 aromatic carbocycles. The number of carbonyl (C=O) groups excluding carboxylic acids is 2. The fourth-order valence-electron chi connectivity index (χ4n) is 2.68. The summed E-state index contributed by atoms with van der Waals surface area (Å²) in [6.07, 6.45) is 5.27. The molecule has 2 rings (SSSR count). The van der Waals surface area contributed by atoms with Gasteiger partial charge < -0.3 is 0 Å². The van der Waals surface area contributed by atoms with E-state index in [4.69, 9.17) is 4.74 Å². The minimum atomic E-state index is -0.581. The van der Waals surface area contributed by atoms with E-state index in [0.29, 0.717) is 6.61 Å². The summed E-state index contributed by atoms with van der Waals surface area (Å²) in [4.78, 5) is 24.4. The fraction of sp³-hybridized carbons (Fsp3) is 0.529. The van der Waals surface area contributed by atoms with Crippen LogP contribution in [0, 0.1) is 5.92 Å². The van der Waals surface area contributed by atoms with Crippen molar-refractivity contribution in [2.45, 2.75) is 43.8 Å². The second-order valence-corrected chi connectivity index (χ2v) is 7.77. The second kappa shape index (κ2) is 8.35. The second-order valence-electron chi connectivity index (χ2n) is 5.30. The molecule has 0 N–H and O–H groups in total. The van der Waals surface area contributed by atoms with Crippen molar-refractivity contribution in [2.75, 3.05) is 6.61 Å². The van der Waals surface area contributed by atoms with Gasteiger partial charge in [0.1, 0.15) is 0 Å². The number of ketones is 1. The summed E-state index contributed by atoms with van der Waals surface area (Å²) >= 11 is -0.192. The van der Waals surface area contributed by atoms with Crippen LogP contribution in [0.4, 0.5) is 0 Å². The molecule has 21 heavy (non-hydrogen) atoms. The van der Waals surface area contributed by atoms with E-state index in [1.54, 1.807) is 6.92 Å². The van der Waals surface area contributed by atoms with Gasteiger partial charge >= 0.3 is 132 Å². The Hall–Kier alpha value is -1.12. The van der Waals surface area contributed by atoms with E-state index >= 15 is 0 Å². The van der Waals surface area contributed by atoms with E-state index in [1.165, 1.54) is 6.42 Å². The molecule has 1 atom stereocenters. The Labute approximate surface area is 132 Å². The Morgan fingerprint density at radius 2 is 1.86 bits per heavy atom. The number of Topliss-reactive ketones (excluding diaryl/α,β-unsaturated/α-hetero) is 1. The molecule has 0 saturated heterocycles. The zero-order valence-electron chi connectivity index (χ0n) is 12.4. The Bertz CT molecular complexity index is 466. The molecular formula is C17H22O3Se. The van der Waals surface area contributed by atoms with Crippen molar-refractivity contribution in [2.24, 2.45) is 5.92 Å². The van der Waals surface area contributed by atoms with Gasteiger partial charge in [-0.05, 0) is 0 Å². The molecule has 1 aromatic rings. The maximum atomic E-state index is 12.7. The molecule has 3 nitrogen and oxygen atoms in total. The molecule has 4 heteroatoms. The van der Waals surface area contributed by atoms with Crippen LogP contribution in [0.25, 0.3) is 0 Å². The van der Waals surface area contributed by atoms with Crippen LogP contribution in [0.2, 0.25) is 4.82 Å². The molecule has 0 spiro atoms. The van der Waals surface area contributed by atoms with Gasteiger partial charge in [-0.2, -0.15) is 0 Å². The van der Waals surface area contributed by atoms with Crippen LogP contribution >= 0.6 is 0 Å². The normalized spacial score (nSPS) is 17.2. The molecular weight excluding hydrogens is 331 g/mol. The van der Waals surface area contributed by atoms with E-state index in [0.717, 1.165) is 30.1 Å². The topological polar surface area (TPSA) is 43.4 Å². The van der Waals surface area contributed by atoms with Crippen molar-refractivity contribution in [3.8, 4) is 0 Å². The molecule has 0 bridgehead atoms. The predicted octanol–water partition coefficient (Wildman–Crippen LogP) is 2.52. The molecule has 1 saturated carbocycles. The van der Waals surface area contributed by atoms with Gasteiger partial charge in [0.05, 0.1) is 0 Å². The molecule has 0 aliphatic heterocycles. The number of ether oxygens (including phenoxy) is 1. The quantitative estimate of drug-likeness (QED) is 0.448. The summed E-state index contributed by atoms with van der Waals surface area (Å²) in [6, 6.07) is 9.82. The summed E-state index contributed by atoms with van der Waals surface area (Å²) in [5, 5.41) is 0. The summed E-state index contributed by atoms with van der Waals surface area (Å²) in [7, 11) is 0. The van der Waals surface area contributed by atoms with Crippen LogP contribution in [-0.2, 0) is 14.3 Å². The summed E-state index contributed by atoms with van der Waals surface area (Å²) in [6.45, 7) is 2.12. The van der Waals surface area contributed by atoms with Gasteiger partial charge in [0, 0.05) is 0 Å². The Morgan fingerprint density at radius 3 is 2.48 bits per heavy atom. The van der Waals surface area contributed by atoms with Crippen LogP contribution < -0.4 is 4.46 Å². The zero-order chi connectivity index (χ0) is 15.1. The average molecular weight is 353 g/mol. The SMILES string of the molecule is CCOC(=O)C([Se]c1ccccc1)C(=O)C1CCCCC1. The molecule has 0 radical (unpaired) electrons. The van der Waals surface area contributed by atoms with Crippen molar-refractivity contribution in [1.82, 2.24) is 0 Å². The standard InChI is InChI=1S/C17H22O3Se/c1-2-20-17(19)16(21-14-11-7-4-8-12-14)15(18)13-9-5-3-6-10-13/h4,7-8,11-13,16H,2-3,5-6,9-10H2,1H3. The first-order valence-electron chi connectivity index (χ1n) is 7.64. The van der Waals surface area contributed by atoms with Gasteiger partial charge in [0.2, 0.25) is 0 Å². The first-order chi connectivity index (χ1) is 10.2. The summed E-state index contributed by atoms with van der Waals surface area (Å²) in [5.74, 6) is -0.173. The molecule has 0 heterocycles. The number of hydrogen-bond acceptors (Lipinski definition) is 3. The third-order valence-electron chi connectivity index (χ3n) is 3.76. The first kappa shape index (κ1) is 16.3. The molecule has 0 amide bonds. The Balaban J connectivity index is 2.10. The van der Waals surface area contributed by atoms with E-state index in [9.17, 15) is 9.59 Å². The van der Waals surface area contributed by atoms with E-state index < -0.39 is 4.82 Å². The van der Waals surface area contributed by atoms with Crippen LogP contribution in [0.15, 0.2) is 30.3 Å². The van der Waals surface area contributed by atoms with E-state index in [-0.39, 0.29) is 32.6 Å². The van der Waals surface area contributed by atoms with Gasteiger partial charge in [-0.1, -0.05) is 0 Å². The maximum absolute atomic E-state index is 12.7. The number of hydrogen-bond donors (Lipinski definition) is 0. The number of esters is 1. The zero-order valence-corrected chi connectivity index (χ0v) is 14.1. The molecule has 114 valence electrons. The van der Waals surface area contributed by atoms with Crippen LogP contribution in [0.1, 0.15) is 39.0 Å². The third kappa shape index (κ3) is 4.69. The van der Waals surface area contributed by atoms with Crippen molar-refractivity contribution >= 4 is 31.2 Å². The fourth-order valence-corrected chi connectivity index (χ4v) is 4.90. The Kier molecular flexibility index (Phi) is 6.47. The van der Waals surface area contributed by atoms with Crippen LogP contribution in [0.5, 0.6) is 0 Å². The van der Waals surface area contributed by atoms with E-state index in [1.807, 2.05) is 30.3 Å². The number of benzene rings is 1. The van der Waals surface area contributed by atoms with Gasteiger partial charge in [-0.15, -0.1) is 0 Å². The van der Waals surface area contributed by atoms with Crippen molar-refractivity contribution in [3.05, 3.63) is 30.3 Å². The molecule has 1 fully saturated rings. The molecule has 1 aliphatic carbocycles. The third-order valence-corrected chi connectivity index (χ3v) is 6.29.